The molecule has 188 valence electrons. The summed E-state index contributed by atoms with van der Waals surface area (Å²) < 4.78 is 1.45. The third kappa shape index (κ3) is 5.48. The Labute approximate surface area is 210 Å². The number of benzene rings is 2. The molecule has 2 aromatic carbocycles. The van der Waals surface area contributed by atoms with Crippen LogP contribution < -0.4 is 10.2 Å². The van der Waals surface area contributed by atoms with Crippen molar-refractivity contribution in [2.45, 2.75) is 52.5 Å². The first-order valence-electron chi connectivity index (χ1n) is 12.4. The summed E-state index contributed by atoms with van der Waals surface area (Å²) in [5, 5.41) is 17.3. The van der Waals surface area contributed by atoms with E-state index in [0.717, 1.165) is 25.7 Å². The van der Waals surface area contributed by atoms with Gasteiger partial charge in [0, 0.05) is 29.4 Å². The van der Waals surface area contributed by atoms with E-state index in [2.05, 4.69) is 17.3 Å². The van der Waals surface area contributed by atoms with Gasteiger partial charge >= 0.3 is 5.97 Å². The number of anilines is 2. The molecule has 8 nitrogen and oxygen atoms in total. The Hall–Kier alpha value is -3.94. The standard InChI is InChI=1S/C28H32N4O4/c1-18(2)32(27(34)21-11-9-19(3)10-12-21)25-24(28(35)36)17-31(30-25)23-15-13-20(14-16-23)26(33)29-22-7-5-4-6-8-22/h4-8,13-19,21H,9-12H2,1-3H3,(H,29,33)(H,35,36)/t19-,21-. The molecule has 1 saturated carbocycles. The monoisotopic (exact) mass is 488 g/mol. The van der Waals surface area contributed by atoms with Gasteiger partial charge in [-0.25, -0.2) is 9.48 Å². The topological polar surface area (TPSA) is 105 Å². The van der Waals surface area contributed by atoms with Crippen LogP contribution >= 0.6 is 0 Å². The molecule has 1 fully saturated rings. The van der Waals surface area contributed by atoms with E-state index in [1.54, 1.807) is 36.4 Å². The van der Waals surface area contributed by atoms with Crippen molar-refractivity contribution in [2.24, 2.45) is 11.8 Å². The average molecular weight is 489 g/mol. The molecule has 3 aromatic rings. The summed E-state index contributed by atoms with van der Waals surface area (Å²) in [7, 11) is 0. The lowest BCUT2D eigenvalue weighted by atomic mass is 9.82. The van der Waals surface area contributed by atoms with Crippen molar-refractivity contribution < 1.29 is 19.5 Å². The first-order valence-corrected chi connectivity index (χ1v) is 12.4. The van der Waals surface area contributed by atoms with Crippen molar-refractivity contribution in [2.75, 3.05) is 10.2 Å². The fourth-order valence-electron chi connectivity index (χ4n) is 4.62. The number of aromatic nitrogens is 2. The molecular formula is C28H32N4O4. The molecule has 1 heterocycles. The summed E-state index contributed by atoms with van der Waals surface area (Å²) in [4.78, 5) is 39.7. The summed E-state index contributed by atoms with van der Waals surface area (Å²) in [6.45, 7) is 5.93. The van der Waals surface area contributed by atoms with Crippen LogP contribution in [0.3, 0.4) is 0 Å². The molecule has 36 heavy (non-hydrogen) atoms. The highest BCUT2D eigenvalue weighted by Gasteiger charge is 2.34. The van der Waals surface area contributed by atoms with Gasteiger partial charge in [-0.3, -0.25) is 14.5 Å². The minimum atomic E-state index is -1.15. The maximum atomic E-state index is 13.5. The smallest absolute Gasteiger partial charge is 0.341 e. The predicted molar refractivity (Wildman–Crippen MR) is 139 cm³/mol. The Kier molecular flexibility index (Phi) is 7.52. The summed E-state index contributed by atoms with van der Waals surface area (Å²) in [5.41, 5.74) is 1.70. The molecule has 0 bridgehead atoms. The van der Waals surface area contributed by atoms with Gasteiger partial charge in [-0.15, -0.1) is 5.10 Å². The van der Waals surface area contributed by atoms with Crippen LogP contribution in [-0.4, -0.2) is 38.7 Å². The molecule has 0 radical (unpaired) electrons. The molecule has 4 rings (SSSR count). The van der Waals surface area contributed by atoms with Crippen molar-refractivity contribution in [3.8, 4) is 5.69 Å². The number of carbonyl (C=O) groups is 3. The number of aromatic carboxylic acids is 1. The molecule has 0 aliphatic heterocycles. The molecule has 2 amide bonds. The number of carboxylic acid groups (broad SMARTS) is 1. The minimum absolute atomic E-state index is 0.0351. The Balaban J connectivity index is 1.59. The van der Waals surface area contributed by atoms with Gasteiger partial charge in [0.2, 0.25) is 5.91 Å². The highest BCUT2D eigenvalue weighted by molar-refractivity contribution is 6.04. The maximum absolute atomic E-state index is 13.5. The van der Waals surface area contributed by atoms with Gasteiger partial charge in [-0.05, 0) is 81.8 Å². The molecule has 0 unspecified atom stereocenters. The lowest BCUT2D eigenvalue weighted by Gasteiger charge is -2.32. The Morgan fingerprint density at radius 3 is 2.22 bits per heavy atom. The number of rotatable bonds is 7. The molecule has 0 atom stereocenters. The normalized spacial score (nSPS) is 17.6. The minimum Gasteiger partial charge on any atom is -0.477 e. The molecular weight excluding hydrogens is 456 g/mol. The van der Waals surface area contributed by atoms with Crippen molar-refractivity contribution in [1.82, 2.24) is 9.78 Å². The molecule has 2 N–H and O–H groups in total. The van der Waals surface area contributed by atoms with E-state index in [1.165, 1.54) is 15.8 Å². The Morgan fingerprint density at radius 2 is 1.64 bits per heavy atom. The number of nitrogens with one attached hydrogen (secondary N) is 1. The fourth-order valence-corrected chi connectivity index (χ4v) is 4.62. The maximum Gasteiger partial charge on any atom is 0.341 e. The van der Waals surface area contributed by atoms with Crippen LogP contribution in [0, 0.1) is 11.8 Å². The van der Waals surface area contributed by atoms with Crippen molar-refractivity contribution in [1.29, 1.82) is 0 Å². The van der Waals surface area contributed by atoms with Gasteiger partial charge in [0.05, 0.1) is 5.69 Å². The number of amides is 2. The van der Waals surface area contributed by atoms with E-state index >= 15 is 0 Å². The second-order valence-corrected chi connectivity index (χ2v) is 9.74. The van der Waals surface area contributed by atoms with Gasteiger partial charge in [-0.2, -0.15) is 0 Å². The van der Waals surface area contributed by atoms with E-state index in [0.29, 0.717) is 22.9 Å². The summed E-state index contributed by atoms with van der Waals surface area (Å²) in [6, 6.07) is 15.6. The van der Waals surface area contributed by atoms with Gasteiger partial charge in [0.25, 0.3) is 5.91 Å². The van der Waals surface area contributed by atoms with Crippen LogP contribution in [-0.2, 0) is 4.79 Å². The zero-order valence-corrected chi connectivity index (χ0v) is 20.8. The zero-order valence-electron chi connectivity index (χ0n) is 20.8. The first-order chi connectivity index (χ1) is 17.2. The van der Waals surface area contributed by atoms with Gasteiger partial charge in [0.15, 0.2) is 5.82 Å². The van der Waals surface area contributed by atoms with Crippen molar-refractivity contribution >= 4 is 29.3 Å². The third-order valence-electron chi connectivity index (χ3n) is 6.70. The first kappa shape index (κ1) is 25.2. The van der Waals surface area contributed by atoms with Gasteiger partial charge < -0.3 is 10.4 Å². The molecule has 8 heteroatoms. The largest absolute Gasteiger partial charge is 0.477 e. The molecule has 1 aliphatic carbocycles. The number of carboxylic acids is 1. The Bertz CT molecular complexity index is 1230. The van der Waals surface area contributed by atoms with E-state index in [1.807, 2.05) is 32.0 Å². The van der Waals surface area contributed by atoms with Crippen LogP contribution in [0.15, 0.2) is 60.8 Å². The van der Waals surface area contributed by atoms with Crippen LogP contribution in [0.4, 0.5) is 11.5 Å². The summed E-state index contributed by atoms with van der Waals surface area (Å²) in [5.74, 6) is -0.847. The van der Waals surface area contributed by atoms with Crippen LogP contribution in [0.5, 0.6) is 0 Å². The van der Waals surface area contributed by atoms with Crippen LogP contribution in [0.2, 0.25) is 0 Å². The lowest BCUT2D eigenvalue weighted by molar-refractivity contribution is -0.124. The molecule has 1 aliphatic rings. The second-order valence-electron chi connectivity index (χ2n) is 9.74. The van der Waals surface area contributed by atoms with Crippen LogP contribution in [0.1, 0.15) is 67.2 Å². The molecule has 1 aromatic heterocycles. The summed E-state index contributed by atoms with van der Waals surface area (Å²) >= 11 is 0. The number of hydrogen-bond acceptors (Lipinski definition) is 4. The number of hydrogen-bond donors (Lipinski definition) is 2. The third-order valence-corrected chi connectivity index (χ3v) is 6.70. The van der Waals surface area contributed by atoms with Crippen molar-refractivity contribution in [3.05, 3.63) is 71.9 Å². The molecule has 0 saturated heterocycles. The van der Waals surface area contributed by atoms with E-state index in [9.17, 15) is 19.5 Å². The van der Waals surface area contributed by atoms with E-state index < -0.39 is 5.97 Å². The quantitative estimate of drug-likeness (QED) is 0.464. The van der Waals surface area contributed by atoms with Gasteiger partial charge in [-0.1, -0.05) is 25.1 Å². The molecule has 0 spiro atoms. The predicted octanol–water partition coefficient (Wildman–Crippen LogP) is 5.39. The Morgan fingerprint density at radius 1 is 1.00 bits per heavy atom. The van der Waals surface area contributed by atoms with Crippen molar-refractivity contribution in [3.63, 3.8) is 0 Å². The second kappa shape index (κ2) is 10.8. The number of nitrogens with zero attached hydrogens (tertiary/aromatic N) is 3. The van der Waals surface area contributed by atoms with Crippen LogP contribution in [0.25, 0.3) is 5.69 Å². The fraction of sp³-hybridized carbons (Fsp3) is 0.357. The van der Waals surface area contributed by atoms with E-state index in [4.69, 9.17) is 0 Å². The zero-order chi connectivity index (χ0) is 25.8. The lowest BCUT2D eigenvalue weighted by Crippen LogP contribution is -2.43. The highest BCUT2D eigenvalue weighted by atomic mass is 16.4. The average Bonchev–Trinajstić information content (AvgIpc) is 3.30. The summed E-state index contributed by atoms with van der Waals surface area (Å²) in [6.07, 6.45) is 5.01. The van der Waals surface area contributed by atoms with E-state index in [-0.39, 0.29) is 35.2 Å². The SMILES string of the molecule is CC(C)N(c1nn(-c2ccc(C(=O)Nc3ccccc3)cc2)cc1C(=O)O)C(=O)[C@H]1CC[C@H](C)CC1. The highest BCUT2D eigenvalue weighted by Crippen LogP contribution is 2.32. The number of para-hydroxylation sites is 1. The van der Waals surface area contributed by atoms with Gasteiger partial charge in [0.1, 0.15) is 5.56 Å². The number of carbonyl (C=O) groups excluding carboxylic acids is 2.